The number of benzene rings is 1. The molecular formula is C15H22N4. The second-order valence-electron chi connectivity index (χ2n) is 5.57. The van der Waals surface area contributed by atoms with Gasteiger partial charge in [-0.3, -0.25) is 16.0 Å². The summed E-state index contributed by atoms with van der Waals surface area (Å²) in [5.41, 5.74) is 5.30. The summed E-state index contributed by atoms with van der Waals surface area (Å²) in [6, 6.07) is 8.55. The van der Waals surface area contributed by atoms with Gasteiger partial charge in [0.25, 0.3) is 0 Å². The van der Waals surface area contributed by atoms with Crippen LogP contribution in [0.2, 0.25) is 0 Å². The second-order valence-corrected chi connectivity index (χ2v) is 5.57. The highest BCUT2D eigenvalue weighted by atomic mass is 15.3. The van der Waals surface area contributed by atoms with Crippen molar-refractivity contribution in [3.8, 4) is 0 Å². The minimum Gasteiger partial charge on any atom is -0.271 e. The molecule has 1 fully saturated rings. The average molecular weight is 258 g/mol. The van der Waals surface area contributed by atoms with Crippen molar-refractivity contribution in [2.75, 3.05) is 0 Å². The fourth-order valence-corrected chi connectivity index (χ4v) is 3.38. The zero-order valence-corrected chi connectivity index (χ0v) is 11.5. The molecular weight excluding hydrogens is 236 g/mol. The lowest BCUT2D eigenvalue weighted by molar-refractivity contribution is 0.270. The molecule has 4 nitrogen and oxygen atoms in total. The van der Waals surface area contributed by atoms with Crippen molar-refractivity contribution in [1.29, 1.82) is 0 Å². The van der Waals surface area contributed by atoms with Gasteiger partial charge < -0.3 is 0 Å². The van der Waals surface area contributed by atoms with Crippen LogP contribution in [0.25, 0.3) is 10.9 Å². The van der Waals surface area contributed by atoms with Crippen molar-refractivity contribution in [2.45, 2.75) is 38.1 Å². The van der Waals surface area contributed by atoms with Crippen LogP contribution in [-0.2, 0) is 7.05 Å². The molecule has 0 spiro atoms. The van der Waals surface area contributed by atoms with Crippen molar-refractivity contribution in [3.05, 3.63) is 30.0 Å². The first kappa shape index (κ1) is 12.6. The number of aromatic nitrogens is 2. The Labute approximate surface area is 113 Å². The van der Waals surface area contributed by atoms with Crippen LogP contribution in [0.15, 0.2) is 24.3 Å². The molecule has 3 N–H and O–H groups in total. The van der Waals surface area contributed by atoms with Crippen LogP contribution >= 0.6 is 0 Å². The molecule has 0 radical (unpaired) electrons. The Morgan fingerprint density at radius 2 is 2.00 bits per heavy atom. The zero-order chi connectivity index (χ0) is 13.2. The van der Waals surface area contributed by atoms with Gasteiger partial charge in [-0.15, -0.1) is 0 Å². The Hall–Kier alpha value is -1.39. The van der Waals surface area contributed by atoms with Gasteiger partial charge in [-0.25, -0.2) is 0 Å². The van der Waals surface area contributed by atoms with E-state index in [0.717, 1.165) is 5.69 Å². The standard InChI is InChI=1S/C15H22N4/c1-19-13-10-6-5-9-12(13)15(18-19)14(17-16)11-7-3-2-4-8-11/h5-6,9-11,14,17H,2-4,7-8,16H2,1H3. The van der Waals surface area contributed by atoms with Gasteiger partial charge in [0.15, 0.2) is 0 Å². The van der Waals surface area contributed by atoms with E-state index in [-0.39, 0.29) is 6.04 Å². The van der Waals surface area contributed by atoms with E-state index in [2.05, 4.69) is 29.7 Å². The first-order valence-electron chi connectivity index (χ1n) is 7.19. The molecule has 0 aliphatic heterocycles. The number of para-hydroxylation sites is 1. The number of rotatable bonds is 3. The quantitative estimate of drug-likeness (QED) is 0.657. The lowest BCUT2D eigenvalue weighted by Gasteiger charge is -2.28. The monoisotopic (exact) mass is 258 g/mol. The number of nitrogens with one attached hydrogen (secondary N) is 1. The third-order valence-electron chi connectivity index (χ3n) is 4.38. The maximum absolute atomic E-state index is 5.84. The largest absolute Gasteiger partial charge is 0.271 e. The van der Waals surface area contributed by atoms with Crippen LogP contribution in [0, 0.1) is 5.92 Å². The van der Waals surface area contributed by atoms with Gasteiger partial charge >= 0.3 is 0 Å². The smallest absolute Gasteiger partial charge is 0.0888 e. The molecule has 1 aliphatic rings. The van der Waals surface area contributed by atoms with Crippen LogP contribution in [-0.4, -0.2) is 9.78 Å². The topological polar surface area (TPSA) is 55.9 Å². The summed E-state index contributed by atoms with van der Waals surface area (Å²) in [6.45, 7) is 0. The van der Waals surface area contributed by atoms with E-state index >= 15 is 0 Å². The van der Waals surface area contributed by atoms with Gasteiger partial charge in [0.1, 0.15) is 0 Å². The van der Waals surface area contributed by atoms with Gasteiger partial charge in [0.05, 0.1) is 17.3 Å². The number of hydrazine groups is 1. The van der Waals surface area contributed by atoms with Crippen LogP contribution in [0.4, 0.5) is 0 Å². The molecule has 1 aliphatic carbocycles. The fourth-order valence-electron chi connectivity index (χ4n) is 3.38. The van der Waals surface area contributed by atoms with E-state index in [9.17, 15) is 0 Å². The minimum absolute atomic E-state index is 0.173. The molecule has 0 saturated heterocycles. The first-order valence-corrected chi connectivity index (χ1v) is 7.19. The van der Waals surface area contributed by atoms with Gasteiger partial charge in [-0.05, 0) is 24.8 Å². The van der Waals surface area contributed by atoms with Gasteiger partial charge in [0.2, 0.25) is 0 Å². The van der Waals surface area contributed by atoms with E-state index in [1.54, 1.807) is 0 Å². The molecule has 1 saturated carbocycles. The SMILES string of the molecule is Cn1nc(C(NN)C2CCCCC2)c2ccccc21. The molecule has 1 atom stereocenters. The van der Waals surface area contributed by atoms with Crippen molar-refractivity contribution < 1.29 is 0 Å². The summed E-state index contributed by atoms with van der Waals surface area (Å²) in [5, 5.41) is 5.93. The second kappa shape index (κ2) is 5.31. The highest BCUT2D eigenvalue weighted by molar-refractivity contribution is 5.82. The summed E-state index contributed by atoms with van der Waals surface area (Å²) in [5.74, 6) is 6.45. The van der Waals surface area contributed by atoms with Crippen LogP contribution < -0.4 is 11.3 Å². The Bertz CT molecular complexity index is 554. The van der Waals surface area contributed by atoms with E-state index in [1.165, 1.54) is 43.0 Å². The van der Waals surface area contributed by atoms with Crippen LogP contribution in [0.5, 0.6) is 0 Å². The first-order chi connectivity index (χ1) is 9.31. The molecule has 1 heterocycles. The number of nitrogens with zero attached hydrogens (tertiary/aromatic N) is 2. The summed E-state index contributed by atoms with van der Waals surface area (Å²) in [6.07, 6.45) is 6.48. The van der Waals surface area contributed by atoms with Gasteiger partial charge in [-0.2, -0.15) is 5.10 Å². The Morgan fingerprint density at radius 3 is 2.74 bits per heavy atom. The summed E-state index contributed by atoms with van der Waals surface area (Å²) >= 11 is 0. The molecule has 0 amide bonds. The molecule has 1 aromatic carbocycles. The number of fused-ring (bicyclic) bond motifs is 1. The predicted molar refractivity (Wildman–Crippen MR) is 77.4 cm³/mol. The normalized spacial score (nSPS) is 18.8. The maximum Gasteiger partial charge on any atom is 0.0888 e. The molecule has 0 bridgehead atoms. The van der Waals surface area contributed by atoms with Crippen molar-refractivity contribution in [3.63, 3.8) is 0 Å². The maximum atomic E-state index is 5.84. The van der Waals surface area contributed by atoms with E-state index in [0.29, 0.717) is 5.92 Å². The summed E-state index contributed by atoms with van der Waals surface area (Å²) in [4.78, 5) is 0. The van der Waals surface area contributed by atoms with Crippen molar-refractivity contribution in [2.24, 2.45) is 18.8 Å². The van der Waals surface area contributed by atoms with Crippen molar-refractivity contribution in [1.82, 2.24) is 15.2 Å². The van der Waals surface area contributed by atoms with E-state index < -0.39 is 0 Å². The summed E-state index contributed by atoms with van der Waals surface area (Å²) < 4.78 is 1.96. The molecule has 19 heavy (non-hydrogen) atoms. The van der Waals surface area contributed by atoms with E-state index in [1.807, 2.05) is 11.7 Å². The Morgan fingerprint density at radius 1 is 1.26 bits per heavy atom. The Kier molecular flexibility index (Phi) is 3.53. The summed E-state index contributed by atoms with van der Waals surface area (Å²) in [7, 11) is 2.00. The zero-order valence-electron chi connectivity index (χ0n) is 11.5. The van der Waals surface area contributed by atoms with Gasteiger partial charge in [0, 0.05) is 12.4 Å². The van der Waals surface area contributed by atoms with Crippen LogP contribution in [0.1, 0.15) is 43.8 Å². The molecule has 2 aromatic rings. The Balaban J connectivity index is 2.01. The van der Waals surface area contributed by atoms with E-state index in [4.69, 9.17) is 10.9 Å². The highest BCUT2D eigenvalue weighted by Gasteiger charge is 2.27. The number of aryl methyl sites for hydroxylation is 1. The third kappa shape index (κ3) is 2.26. The van der Waals surface area contributed by atoms with Gasteiger partial charge in [-0.1, -0.05) is 37.5 Å². The van der Waals surface area contributed by atoms with Crippen LogP contribution in [0.3, 0.4) is 0 Å². The number of hydrogen-bond acceptors (Lipinski definition) is 3. The minimum atomic E-state index is 0.173. The predicted octanol–water partition coefficient (Wildman–Crippen LogP) is 2.66. The fraction of sp³-hybridized carbons (Fsp3) is 0.533. The molecule has 3 rings (SSSR count). The van der Waals surface area contributed by atoms with Crippen molar-refractivity contribution >= 4 is 10.9 Å². The number of nitrogens with two attached hydrogens (primary N) is 1. The molecule has 1 unspecified atom stereocenters. The average Bonchev–Trinajstić information content (AvgIpc) is 2.79. The molecule has 102 valence electrons. The number of hydrogen-bond donors (Lipinski definition) is 2. The molecule has 4 heteroatoms. The molecule has 1 aromatic heterocycles. The lowest BCUT2D eigenvalue weighted by atomic mass is 9.82. The third-order valence-corrected chi connectivity index (χ3v) is 4.38. The lowest BCUT2D eigenvalue weighted by Crippen LogP contribution is -2.35. The highest BCUT2D eigenvalue weighted by Crippen LogP contribution is 2.35.